The predicted octanol–water partition coefficient (Wildman–Crippen LogP) is 6.91. The molecule has 1 aliphatic carbocycles. The number of Topliss-reactive ketones (excluding diaryl/α,β-unsaturated/α-hetero) is 1. The lowest BCUT2D eigenvalue weighted by Crippen LogP contribution is -2.42. The van der Waals surface area contributed by atoms with Gasteiger partial charge in [0.05, 0.1) is 5.69 Å². The fraction of sp³-hybridized carbons (Fsp3) is 0.207. The van der Waals surface area contributed by atoms with Crippen molar-refractivity contribution in [2.45, 2.75) is 39.0 Å². The SMILES string of the molecule is Cc1ccc(/C(O)=C2\C(=N)N(c3cccc(Cl)c3C)C3=C(C(=O)CCC3)C2c2cccnc2)cc1. The number of halogens is 1. The minimum atomic E-state index is -0.587. The highest BCUT2D eigenvalue weighted by atomic mass is 35.5. The first-order valence-corrected chi connectivity index (χ1v) is 12.1. The second-order valence-corrected chi connectivity index (χ2v) is 9.46. The van der Waals surface area contributed by atoms with Gasteiger partial charge in [-0.05, 0) is 56.0 Å². The van der Waals surface area contributed by atoms with Crippen molar-refractivity contribution in [3.05, 3.63) is 111 Å². The van der Waals surface area contributed by atoms with Gasteiger partial charge in [-0.3, -0.25) is 20.1 Å². The fourth-order valence-electron chi connectivity index (χ4n) is 5.04. The first-order valence-electron chi connectivity index (χ1n) is 11.7. The van der Waals surface area contributed by atoms with E-state index in [1.54, 1.807) is 17.3 Å². The highest BCUT2D eigenvalue weighted by molar-refractivity contribution is 6.32. The van der Waals surface area contributed by atoms with Crippen molar-refractivity contribution in [2.24, 2.45) is 0 Å². The molecule has 1 aromatic heterocycles. The van der Waals surface area contributed by atoms with E-state index in [1.165, 1.54) is 0 Å². The molecular weight excluding hydrogens is 458 g/mol. The van der Waals surface area contributed by atoms with Gasteiger partial charge in [0.25, 0.3) is 0 Å². The molecule has 2 N–H and O–H groups in total. The van der Waals surface area contributed by atoms with Crippen molar-refractivity contribution in [2.75, 3.05) is 4.90 Å². The molecule has 3 aromatic rings. The standard InChI is InChI=1S/C29H26ClN3O2/c1-17-11-13-19(14-12-17)28(35)27-25(20-6-5-15-32-16-20)26-23(9-4-10-24(26)34)33(29(27)31)22-8-3-7-21(30)18(22)2/h3,5-8,11-16,25,31,35H,4,9-10H2,1-2H3/b28-27+,31-29?. The molecule has 0 amide bonds. The molecule has 2 aliphatic rings. The van der Waals surface area contributed by atoms with Crippen LogP contribution in [0.4, 0.5) is 5.69 Å². The molecule has 1 aliphatic heterocycles. The van der Waals surface area contributed by atoms with Gasteiger partial charge in [0.2, 0.25) is 0 Å². The van der Waals surface area contributed by atoms with Crippen molar-refractivity contribution >= 4 is 34.7 Å². The quantitative estimate of drug-likeness (QED) is 0.397. The Morgan fingerprint density at radius 3 is 2.57 bits per heavy atom. The van der Waals surface area contributed by atoms with Crippen LogP contribution in [0.25, 0.3) is 5.76 Å². The molecule has 35 heavy (non-hydrogen) atoms. The average molecular weight is 484 g/mol. The van der Waals surface area contributed by atoms with E-state index in [0.717, 1.165) is 28.1 Å². The van der Waals surface area contributed by atoms with Gasteiger partial charge < -0.3 is 5.11 Å². The van der Waals surface area contributed by atoms with Crippen LogP contribution in [0.1, 0.15) is 47.4 Å². The number of aryl methyl sites for hydroxylation is 1. The molecule has 5 nitrogen and oxygen atoms in total. The maximum Gasteiger partial charge on any atom is 0.161 e. The molecule has 0 bridgehead atoms. The maximum atomic E-state index is 13.5. The Bertz CT molecular complexity index is 1390. The van der Waals surface area contributed by atoms with E-state index in [0.29, 0.717) is 41.0 Å². The maximum absolute atomic E-state index is 13.5. The summed E-state index contributed by atoms with van der Waals surface area (Å²) < 4.78 is 0. The van der Waals surface area contributed by atoms with Crippen molar-refractivity contribution in [1.82, 2.24) is 4.98 Å². The second-order valence-electron chi connectivity index (χ2n) is 9.05. The van der Waals surface area contributed by atoms with E-state index in [-0.39, 0.29) is 17.4 Å². The van der Waals surface area contributed by atoms with Crippen LogP contribution in [0, 0.1) is 19.3 Å². The summed E-state index contributed by atoms with van der Waals surface area (Å²) in [4.78, 5) is 19.6. The van der Waals surface area contributed by atoms with Crippen molar-refractivity contribution in [1.29, 1.82) is 5.41 Å². The molecule has 5 rings (SSSR count). The van der Waals surface area contributed by atoms with Gasteiger partial charge >= 0.3 is 0 Å². The Balaban J connectivity index is 1.85. The number of nitrogens with zero attached hydrogens (tertiary/aromatic N) is 2. The smallest absolute Gasteiger partial charge is 0.161 e. The zero-order valence-electron chi connectivity index (χ0n) is 19.7. The molecule has 2 aromatic carbocycles. The summed E-state index contributed by atoms with van der Waals surface area (Å²) in [6.45, 7) is 3.89. The van der Waals surface area contributed by atoms with E-state index in [9.17, 15) is 15.3 Å². The summed E-state index contributed by atoms with van der Waals surface area (Å²) in [6.07, 6.45) is 5.20. The molecule has 0 fully saturated rings. The summed E-state index contributed by atoms with van der Waals surface area (Å²) in [5, 5.41) is 21.6. The first kappa shape index (κ1) is 23.1. The number of carbonyl (C=O) groups excluding carboxylic acids is 1. The number of anilines is 1. The monoisotopic (exact) mass is 483 g/mol. The molecule has 0 spiro atoms. The van der Waals surface area contributed by atoms with Gasteiger partial charge in [0, 0.05) is 52.2 Å². The topological polar surface area (TPSA) is 77.3 Å². The highest BCUT2D eigenvalue weighted by Gasteiger charge is 2.43. The molecule has 0 saturated carbocycles. The number of hydrogen-bond donors (Lipinski definition) is 2. The predicted molar refractivity (Wildman–Crippen MR) is 140 cm³/mol. The highest BCUT2D eigenvalue weighted by Crippen LogP contribution is 2.48. The minimum Gasteiger partial charge on any atom is -0.507 e. The molecule has 176 valence electrons. The van der Waals surface area contributed by atoms with Gasteiger partial charge in [0.1, 0.15) is 11.6 Å². The lowest BCUT2D eigenvalue weighted by atomic mass is 9.73. The molecule has 1 atom stereocenters. The Morgan fingerprint density at radius 2 is 1.86 bits per heavy atom. The number of aliphatic hydroxyl groups is 1. The normalized spacial score (nSPS) is 19.6. The van der Waals surface area contributed by atoms with Crippen LogP contribution >= 0.6 is 11.6 Å². The van der Waals surface area contributed by atoms with Gasteiger partial charge in [-0.25, -0.2) is 0 Å². The van der Waals surface area contributed by atoms with Crippen LogP contribution in [0.2, 0.25) is 5.02 Å². The zero-order valence-corrected chi connectivity index (χ0v) is 20.4. The number of hydrogen-bond acceptors (Lipinski definition) is 4. The molecule has 2 heterocycles. The van der Waals surface area contributed by atoms with Gasteiger partial charge in [-0.15, -0.1) is 0 Å². The fourth-order valence-corrected chi connectivity index (χ4v) is 5.21. The third-order valence-corrected chi connectivity index (χ3v) is 7.24. The minimum absolute atomic E-state index is 0.0153. The van der Waals surface area contributed by atoms with Crippen molar-refractivity contribution < 1.29 is 9.90 Å². The second kappa shape index (κ2) is 9.16. The number of rotatable bonds is 3. The molecule has 6 heteroatoms. The van der Waals surface area contributed by atoms with E-state index in [4.69, 9.17) is 11.6 Å². The number of pyridine rings is 1. The van der Waals surface area contributed by atoms with Crippen LogP contribution in [0.3, 0.4) is 0 Å². The van der Waals surface area contributed by atoms with Crippen LogP contribution in [0.15, 0.2) is 83.8 Å². The summed E-state index contributed by atoms with van der Waals surface area (Å²) >= 11 is 6.47. The Labute approximate surface area is 209 Å². The first-order chi connectivity index (χ1) is 16.9. The van der Waals surface area contributed by atoms with Gasteiger partial charge in [-0.2, -0.15) is 0 Å². The van der Waals surface area contributed by atoms with Crippen LogP contribution in [-0.4, -0.2) is 21.7 Å². The number of carbonyl (C=O) groups is 1. The largest absolute Gasteiger partial charge is 0.507 e. The Hall–Kier alpha value is -3.70. The lowest BCUT2D eigenvalue weighted by Gasteiger charge is -2.42. The summed E-state index contributed by atoms with van der Waals surface area (Å²) in [5.41, 5.74) is 5.80. The molecular formula is C29H26ClN3O2. The number of allylic oxidation sites excluding steroid dienone is 2. The average Bonchev–Trinajstić information content (AvgIpc) is 2.86. The van der Waals surface area contributed by atoms with E-state index in [2.05, 4.69) is 4.98 Å². The number of ketones is 1. The van der Waals surface area contributed by atoms with Crippen LogP contribution in [0.5, 0.6) is 0 Å². The number of amidine groups is 1. The van der Waals surface area contributed by atoms with Gasteiger partial charge in [0.15, 0.2) is 5.78 Å². The number of aromatic nitrogens is 1. The third-order valence-electron chi connectivity index (χ3n) is 6.83. The van der Waals surface area contributed by atoms with E-state index >= 15 is 0 Å². The van der Waals surface area contributed by atoms with Crippen LogP contribution < -0.4 is 4.90 Å². The zero-order chi connectivity index (χ0) is 24.7. The molecule has 1 unspecified atom stereocenters. The summed E-state index contributed by atoms with van der Waals surface area (Å²) in [6, 6.07) is 16.8. The third kappa shape index (κ3) is 3.96. The summed E-state index contributed by atoms with van der Waals surface area (Å²) in [5.74, 6) is -0.434. The Morgan fingerprint density at radius 1 is 1.09 bits per heavy atom. The van der Waals surface area contributed by atoms with Crippen molar-refractivity contribution in [3.8, 4) is 0 Å². The molecule has 0 radical (unpaired) electrons. The number of aliphatic hydroxyl groups excluding tert-OH is 1. The Kier molecular flexibility index (Phi) is 6.03. The lowest BCUT2D eigenvalue weighted by molar-refractivity contribution is -0.116. The van der Waals surface area contributed by atoms with Gasteiger partial charge in [-0.1, -0.05) is 53.6 Å². The van der Waals surface area contributed by atoms with E-state index < -0.39 is 5.92 Å². The van der Waals surface area contributed by atoms with Crippen molar-refractivity contribution in [3.63, 3.8) is 0 Å². The van der Waals surface area contributed by atoms with E-state index in [1.807, 2.05) is 68.4 Å². The number of nitrogens with one attached hydrogen (secondary N) is 1. The summed E-state index contributed by atoms with van der Waals surface area (Å²) in [7, 11) is 0. The molecule has 0 saturated heterocycles. The number of benzene rings is 2. The van der Waals surface area contributed by atoms with Crippen LogP contribution in [-0.2, 0) is 4.79 Å².